The number of carbonyl (C=O) groups excluding carboxylic acids is 1. The molecule has 6 nitrogen and oxygen atoms in total. The summed E-state index contributed by atoms with van der Waals surface area (Å²) in [6.07, 6.45) is 0. The molecule has 0 aliphatic heterocycles. The number of rotatable bonds is 8. The fourth-order valence-corrected chi connectivity index (χ4v) is 5.74. The highest BCUT2D eigenvalue weighted by Crippen LogP contribution is 2.25. The molecule has 0 atom stereocenters. The van der Waals surface area contributed by atoms with Crippen LogP contribution < -0.4 is 5.32 Å². The van der Waals surface area contributed by atoms with Crippen molar-refractivity contribution in [1.82, 2.24) is 9.29 Å². The van der Waals surface area contributed by atoms with Crippen molar-refractivity contribution in [3.63, 3.8) is 0 Å². The van der Waals surface area contributed by atoms with E-state index in [1.807, 2.05) is 61.7 Å². The minimum Gasteiger partial charge on any atom is -0.325 e. The lowest BCUT2D eigenvalue weighted by Gasteiger charge is -2.22. The third kappa shape index (κ3) is 6.35. The number of thiazole rings is 1. The van der Waals surface area contributed by atoms with Gasteiger partial charge in [-0.25, -0.2) is 13.4 Å². The van der Waals surface area contributed by atoms with Crippen LogP contribution in [0.3, 0.4) is 0 Å². The molecule has 0 aliphatic carbocycles. The number of aromatic nitrogens is 1. The van der Waals surface area contributed by atoms with E-state index in [4.69, 9.17) is 11.6 Å². The topological polar surface area (TPSA) is 79.4 Å². The van der Waals surface area contributed by atoms with Crippen molar-refractivity contribution < 1.29 is 13.2 Å². The summed E-state index contributed by atoms with van der Waals surface area (Å²) in [4.78, 5) is 17.6. The molecule has 0 saturated heterocycles. The molecule has 4 rings (SSSR count). The summed E-state index contributed by atoms with van der Waals surface area (Å²) in [5.74, 6) is -0.443. The first kappa shape index (κ1) is 25.1. The average molecular weight is 526 g/mol. The van der Waals surface area contributed by atoms with E-state index in [-0.39, 0.29) is 18.0 Å². The van der Waals surface area contributed by atoms with Crippen molar-refractivity contribution in [1.29, 1.82) is 0 Å². The zero-order chi connectivity index (χ0) is 25.0. The third-order valence-electron chi connectivity index (χ3n) is 5.27. The molecule has 1 heterocycles. The fraction of sp³-hybridized carbons (Fsp3) is 0.154. The Balaban J connectivity index is 1.58. The second kappa shape index (κ2) is 10.7. The molecule has 0 bridgehead atoms. The summed E-state index contributed by atoms with van der Waals surface area (Å²) in [7, 11) is -3.96. The highest BCUT2D eigenvalue weighted by Gasteiger charge is 2.27. The largest absolute Gasteiger partial charge is 0.325 e. The molecule has 35 heavy (non-hydrogen) atoms. The lowest BCUT2D eigenvalue weighted by Crippen LogP contribution is -2.37. The van der Waals surface area contributed by atoms with Crippen molar-refractivity contribution >= 4 is 44.6 Å². The Hall–Kier alpha value is -3.04. The summed E-state index contributed by atoms with van der Waals surface area (Å²) >= 11 is 7.50. The zero-order valence-electron chi connectivity index (χ0n) is 19.2. The number of anilines is 1. The number of amides is 1. The summed E-state index contributed by atoms with van der Waals surface area (Å²) in [6, 6.07) is 20.8. The van der Waals surface area contributed by atoms with Crippen LogP contribution >= 0.6 is 22.9 Å². The van der Waals surface area contributed by atoms with E-state index in [1.165, 1.54) is 28.6 Å². The van der Waals surface area contributed by atoms with Gasteiger partial charge in [-0.2, -0.15) is 4.31 Å². The average Bonchev–Trinajstić information content (AvgIpc) is 3.25. The first-order chi connectivity index (χ1) is 16.7. The molecular formula is C26H24ClN3O3S2. The summed E-state index contributed by atoms with van der Waals surface area (Å²) < 4.78 is 28.1. The zero-order valence-corrected chi connectivity index (χ0v) is 21.6. The van der Waals surface area contributed by atoms with Crippen LogP contribution in [-0.4, -0.2) is 30.2 Å². The molecule has 0 spiro atoms. The molecule has 180 valence electrons. The van der Waals surface area contributed by atoms with Gasteiger partial charge in [0.05, 0.1) is 22.1 Å². The number of sulfonamides is 1. The summed E-state index contributed by atoms with van der Waals surface area (Å²) in [5, 5.41) is 6.17. The van der Waals surface area contributed by atoms with Gasteiger partial charge in [0.2, 0.25) is 15.9 Å². The highest BCUT2D eigenvalue weighted by molar-refractivity contribution is 7.89. The van der Waals surface area contributed by atoms with Crippen molar-refractivity contribution in [2.75, 3.05) is 11.9 Å². The third-order valence-corrected chi connectivity index (χ3v) is 8.11. The Morgan fingerprint density at radius 2 is 1.77 bits per heavy atom. The monoisotopic (exact) mass is 525 g/mol. The maximum atomic E-state index is 13.5. The number of nitrogens with zero attached hydrogens (tertiary/aromatic N) is 2. The fourth-order valence-electron chi connectivity index (χ4n) is 3.61. The Kier molecular flexibility index (Phi) is 7.66. The molecule has 0 aliphatic rings. The molecule has 0 radical (unpaired) electrons. The Morgan fingerprint density at radius 3 is 2.46 bits per heavy atom. The molecule has 4 aromatic rings. The normalized spacial score (nSPS) is 11.5. The van der Waals surface area contributed by atoms with E-state index >= 15 is 0 Å². The number of carbonyl (C=O) groups is 1. The minimum atomic E-state index is -3.96. The second-order valence-electron chi connectivity index (χ2n) is 8.10. The quantitative estimate of drug-likeness (QED) is 0.310. The number of aryl methyl sites for hydroxylation is 2. The Labute approximate surface area is 214 Å². The number of hydrogen-bond acceptors (Lipinski definition) is 5. The number of halogens is 1. The van der Waals surface area contributed by atoms with Crippen molar-refractivity contribution in [3.8, 4) is 11.3 Å². The van der Waals surface area contributed by atoms with Crippen LogP contribution in [0.4, 0.5) is 5.69 Å². The summed E-state index contributed by atoms with van der Waals surface area (Å²) in [6.45, 7) is 3.58. The van der Waals surface area contributed by atoms with Crippen LogP contribution in [0.5, 0.6) is 0 Å². The second-order valence-corrected chi connectivity index (χ2v) is 11.5. The summed E-state index contributed by atoms with van der Waals surface area (Å²) in [5.41, 5.74) is 4.06. The van der Waals surface area contributed by atoms with Gasteiger partial charge in [-0.15, -0.1) is 11.3 Å². The predicted octanol–water partition coefficient (Wildman–Crippen LogP) is 5.91. The van der Waals surface area contributed by atoms with E-state index in [9.17, 15) is 13.2 Å². The molecule has 3 aromatic carbocycles. The molecule has 9 heteroatoms. The van der Waals surface area contributed by atoms with E-state index in [0.717, 1.165) is 27.4 Å². The van der Waals surface area contributed by atoms with Gasteiger partial charge in [-0.05, 0) is 55.8 Å². The molecule has 1 N–H and O–H groups in total. The number of nitrogens with one attached hydrogen (secondary N) is 1. The maximum absolute atomic E-state index is 13.5. The van der Waals surface area contributed by atoms with Gasteiger partial charge in [-0.1, -0.05) is 53.6 Å². The maximum Gasteiger partial charge on any atom is 0.243 e. The van der Waals surface area contributed by atoms with Gasteiger partial charge in [0.25, 0.3) is 0 Å². The first-order valence-electron chi connectivity index (χ1n) is 10.8. The highest BCUT2D eigenvalue weighted by atomic mass is 35.5. The smallest absolute Gasteiger partial charge is 0.243 e. The van der Waals surface area contributed by atoms with Crippen LogP contribution in [0.2, 0.25) is 5.02 Å². The molecule has 0 saturated carbocycles. The van der Waals surface area contributed by atoms with Gasteiger partial charge in [-0.3, -0.25) is 4.79 Å². The van der Waals surface area contributed by atoms with Gasteiger partial charge < -0.3 is 5.32 Å². The van der Waals surface area contributed by atoms with Crippen LogP contribution in [0.25, 0.3) is 11.3 Å². The minimum absolute atomic E-state index is 0.0538. The van der Waals surface area contributed by atoms with Crippen LogP contribution in [-0.2, 0) is 21.4 Å². The van der Waals surface area contributed by atoms with Crippen molar-refractivity contribution in [3.05, 3.63) is 99.3 Å². The van der Waals surface area contributed by atoms with Gasteiger partial charge >= 0.3 is 0 Å². The van der Waals surface area contributed by atoms with Crippen LogP contribution in [0.15, 0.2) is 83.1 Å². The van der Waals surface area contributed by atoms with Crippen LogP contribution in [0, 0.1) is 13.8 Å². The first-order valence-corrected chi connectivity index (χ1v) is 13.5. The molecule has 0 unspecified atom stereocenters. The predicted molar refractivity (Wildman–Crippen MR) is 141 cm³/mol. The Morgan fingerprint density at radius 1 is 1.03 bits per heavy atom. The number of hydrogen-bond donors (Lipinski definition) is 1. The van der Waals surface area contributed by atoms with Crippen molar-refractivity contribution in [2.24, 2.45) is 0 Å². The standard InChI is InChI=1S/C26H24ClN3O3S2/c1-18-5-3-6-20(13-18)15-30(35(32,33)24-11-9-22(27)10-12-24)16-26(31)29-23-8-4-7-21(14-23)25-17-34-19(2)28-25/h3-14,17H,15-16H2,1-2H3,(H,29,31). The lowest BCUT2D eigenvalue weighted by molar-refractivity contribution is -0.116. The SMILES string of the molecule is Cc1cccc(CN(CC(=O)Nc2cccc(-c3csc(C)n3)c2)S(=O)(=O)c2ccc(Cl)cc2)c1. The van der Waals surface area contributed by atoms with Gasteiger partial charge in [0.15, 0.2) is 0 Å². The van der Waals surface area contributed by atoms with E-state index in [0.29, 0.717) is 10.7 Å². The number of benzene rings is 3. The van der Waals surface area contributed by atoms with Crippen LogP contribution in [0.1, 0.15) is 16.1 Å². The van der Waals surface area contributed by atoms with E-state index < -0.39 is 15.9 Å². The molecule has 1 aromatic heterocycles. The molecule has 1 amide bonds. The molecule has 0 fully saturated rings. The van der Waals surface area contributed by atoms with E-state index in [2.05, 4.69) is 10.3 Å². The lowest BCUT2D eigenvalue weighted by atomic mass is 10.1. The van der Waals surface area contributed by atoms with E-state index in [1.54, 1.807) is 17.4 Å². The molecular weight excluding hydrogens is 502 g/mol. The van der Waals surface area contributed by atoms with Gasteiger partial charge in [0.1, 0.15) is 0 Å². The van der Waals surface area contributed by atoms with Gasteiger partial charge in [0, 0.05) is 28.2 Å². The van der Waals surface area contributed by atoms with Crippen molar-refractivity contribution in [2.45, 2.75) is 25.3 Å². The Bertz CT molecular complexity index is 1450.